The molecule has 1 heterocycles. The topological polar surface area (TPSA) is 47.6 Å². The predicted octanol–water partition coefficient (Wildman–Crippen LogP) is 3.38. The van der Waals surface area contributed by atoms with E-state index < -0.39 is 0 Å². The number of hydrogen-bond acceptors (Lipinski definition) is 3. The lowest BCUT2D eigenvalue weighted by atomic mass is 10.2. The van der Waals surface area contributed by atoms with Crippen LogP contribution in [0.3, 0.4) is 0 Å². The number of amides is 1. The molecule has 106 valence electrons. The molecule has 21 heavy (non-hydrogen) atoms. The van der Waals surface area contributed by atoms with Gasteiger partial charge in [0.2, 0.25) is 12.7 Å². The number of ether oxygens (including phenoxy) is 2. The van der Waals surface area contributed by atoms with Crippen molar-refractivity contribution in [2.24, 2.45) is 0 Å². The van der Waals surface area contributed by atoms with Crippen LogP contribution >= 0.6 is 0 Å². The van der Waals surface area contributed by atoms with Gasteiger partial charge in [-0.1, -0.05) is 24.3 Å². The van der Waals surface area contributed by atoms with Crippen LogP contribution < -0.4 is 14.8 Å². The lowest BCUT2D eigenvalue weighted by Crippen LogP contribution is -2.08. The fourth-order valence-corrected chi connectivity index (χ4v) is 2.08. The van der Waals surface area contributed by atoms with E-state index in [0.29, 0.717) is 5.75 Å². The first-order valence-electron chi connectivity index (χ1n) is 6.67. The van der Waals surface area contributed by atoms with Gasteiger partial charge in [-0.25, -0.2) is 0 Å². The largest absolute Gasteiger partial charge is 0.454 e. The second kappa shape index (κ2) is 5.71. The number of benzene rings is 2. The Balaban J connectivity index is 1.68. The molecule has 2 aromatic carbocycles. The first-order valence-corrected chi connectivity index (χ1v) is 6.67. The molecule has 0 radical (unpaired) electrons. The minimum atomic E-state index is -0.165. The molecule has 3 rings (SSSR count). The molecule has 1 aliphatic rings. The van der Waals surface area contributed by atoms with Crippen LogP contribution in [0.4, 0.5) is 5.69 Å². The standard InChI is InChI=1S/C17H15NO3/c1-12-4-2-3-5-14(12)18-17(19)9-7-13-6-8-15-16(10-13)21-11-20-15/h2-10H,11H2,1H3,(H,18,19)/b9-7+. The normalized spacial score (nSPS) is 12.6. The van der Waals surface area contributed by atoms with Crippen LogP contribution in [-0.2, 0) is 4.79 Å². The Morgan fingerprint density at radius 1 is 1.14 bits per heavy atom. The van der Waals surface area contributed by atoms with Gasteiger partial charge in [-0.05, 0) is 42.3 Å². The second-order valence-electron chi connectivity index (χ2n) is 4.75. The lowest BCUT2D eigenvalue weighted by molar-refractivity contribution is -0.111. The first kappa shape index (κ1) is 13.2. The number of aryl methyl sites for hydroxylation is 1. The molecule has 1 N–H and O–H groups in total. The zero-order valence-corrected chi connectivity index (χ0v) is 11.6. The molecule has 0 saturated carbocycles. The van der Waals surface area contributed by atoms with Crippen LogP contribution in [0, 0.1) is 6.92 Å². The van der Waals surface area contributed by atoms with E-state index in [4.69, 9.17) is 9.47 Å². The molecule has 0 spiro atoms. The highest BCUT2D eigenvalue weighted by Crippen LogP contribution is 2.32. The van der Waals surface area contributed by atoms with Crippen LogP contribution in [0.2, 0.25) is 0 Å². The molecule has 0 atom stereocenters. The summed E-state index contributed by atoms with van der Waals surface area (Å²) >= 11 is 0. The van der Waals surface area contributed by atoms with Gasteiger partial charge in [0.25, 0.3) is 0 Å². The molecule has 2 aromatic rings. The van der Waals surface area contributed by atoms with Gasteiger partial charge in [0, 0.05) is 11.8 Å². The van der Waals surface area contributed by atoms with E-state index in [9.17, 15) is 4.79 Å². The van der Waals surface area contributed by atoms with Crippen molar-refractivity contribution < 1.29 is 14.3 Å². The summed E-state index contributed by atoms with van der Waals surface area (Å²) in [6.07, 6.45) is 3.25. The Bertz CT molecular complexity index is 707. The van der Waals surface area contributed by atoms with E-state index in [2.05, 4.69) is 5.32 Å². The highest BCUT2D eigenvalue weighted by molar-refractivity contribution is 6.02. The van der Waals surface area contributed by atoms with Crippen molar-refractivity contribution in [2.45, 2.75) is 6.92 Å². The number of carbonyl (C=O) groups excluding carboxylic acids is 1. The van der Waals surface area contributed by atoms with Crippen molar-refractivity contribution in [2.75, 3.05) is 12.1 Å². The van der Waals surface area contributed by atoms with Gasteiger partial charge in [-0.3, -0.25) is 4.79 Å². The Hall–Kier alpha value is -2.75. The van der Waals surface area contributed by atoms with Gasteiger partial charge in [-0.15, -0.1) is 0 Å². The van der Waals surface area contributed by atoms with Crippen LogP contribution in [-0.4, -0.2) is 12.7 Å². The van der Waals surface area contributed by atoms with Crippen molar-refractivity contribution in [3.05, 3.63) is 59.7 Å². The summed E-state index contributed by atoms with van der Waals surface area (Å²) in [5, 5.41) is 2.85. The number of rotatable bonds is 3. The summed E-state index contributed by atoms with van der Waals surface area (Å²) in [6, 6.07) is 13.2. The summed E-state index contributed by atoms with van der Waals surface area (Å²) in [6.45, 7) is 2.20. The molecule has 0 unspecified atom stereocenters. The molecule has 4 nitrogen and oxygen atoms in total. The maximum absolute atomic E-state index is 11.9. The van der Waals surface area contributed by atoms with Crippen molar-refractivity contribution in [3.8, 4) is 11.5 Å². The van der Waals surface area contributed by atoms with E-state index in [0.717, 1.165) is 22.6 Å². The Kier molecular flexibility index (Phi) is 3.60. The van der Waals surface area contributed by atoms with Crippen LogP contribution in [0.5, 0.6) is 11.5 Å². The third-order valence-corrected chi connectivity index (χ3v) is 3.23. The molecular weight excluding hydrogens is 266 g/mol. The van der Waals surface area contributed by atoms with Crippen molar-refractivity contribution in [1.29, 1.82) is 0 Å². The van der Waals surface area contributed by atoms with Gasteiger partial charge in [0.1, 0.15) is 0 Å². The van der Waals surface area contributed by atoms with Crippen molar-refractivity contribution in [3.63, 3.8) is 0 Å². The predicted molar refractivity (Wildman–Crippen MR) is 81.4 cm³/mol. The van der Waals surface area contributed by atoms with E-state index in [1.165, 1.54) is 6.08 Å². The third kappa shape index (κ3) is 3.05. The number of hydrogen-bond donors (Lipinski definition) is 1. The second-order valence-corrected chi connectivity index (χ2v) is 4.75. The SMILES string of the molecule is Cc1ccccc1NC(=O)/C=C/c1ccc2c(c1)OCO2. The van der Waals surface area contributed by atoms with Gasteiger partial charge in [-0.2, -0.15) is 0 Å². The zero-order chi connectivity index (χ0) is 14.7. The first-order chi connectivity index (χ1) is 10.2. The molecular formula is C17H15NO3. The maximum atomic E-state index is 11.9. The van der Waals surface area contributed by atoms with Gasteiger partial charge in [0.15, 0.2) is 11.5 Å². The Morgan fingerprint density at radius 3 is 2.81 bits per heavy atom. The summed E-state index contributed by atoms with van der Waals surface area (Å²) in [4.78, 5) is 11.9. The lowest BCUT2D eigenvalue weighted by Gasteiger charge is -2.05. The van der Waals surface area contributed by atoms with Gasteiger partial charge in [0.05, 0.1) is 0 Å². The quantitative estimate of drug-likeness (QED) is 0.877. The monoisotopic (exact) mass is 281 g/mol. The fraction of sp³-hybridized carbons (Fsp3) is 0.118. The highest BCUT2D eigenvalue weighted by atomic mass is 16.7. The number of para-hydroxylation sites is 1. The van der Waals surface area contributed by atoms with Crippen molar-refractivity contribution >= 4 is 17.7 Å². The number of anilines is 1. The molecule has 0 aliphatic carbocycles. The molecule has 1 amide bonds. The van der Waals surface area contributed by atoms with Crippen LogP contribution in [0.1, 0.15) is 11.1 Å². The number of carbonyl (C=O) groups is 1. The molecule has 0 aromatic heterocycles. The Labute approximate surface area is 123 Å². The minimum Gasteiger partial charge on any atom is -0.454 e. The third-order valence-electron chi connectivity index (χ3n) is 3.23. The molecule has 0 bridgehead atoms. The van der Waals surface area contributed by atoms with Gasteiger partial charge < -0.3 is 14.8 Å². The minimum absolute atomic E-state index is 0.165. The molecule has 0 saturated heterocycles. The molecule has 4 heteroatoms. The number of fused-ring (bicyclic) bond motifs is 1. The van der Waals surface area contributed by atoms with Crippen LogP contribution in [0.25, 0.3) is 6.08 Å². The zero-order valence-electron chi connectivity index (χ0n) is 11.6. The summed E-state index contributed by atoms with van der Waals surface area (Å²) in [5.74, 6) is 1.27. The van der Waals surface area contributed by atoms with Gasteiger partial charge >= 0.3 is 0 Å². The summed E-state index contributed by atoms with van der Waals surface area (Å²) in [5.41, 5.74) is 2.74. The number of nitrogens with one attached hydrogen (secondary N) is 1. The summed E-state index contributed by atoms with van der Waals surface area (Å²) in [7, 11) is 0. The molecule has 0 fully saturated rings. The summed E-state index contributed by atoms with van der Waals surface area (Å²) < 4.78 is 10.5. The average Bonchev–Trinajstić information content (AvgIpc) is 2.95. The van der Waals surface area contributed by atoms with Crippen molar-refractivity contribution in [1.82, 2.24) is 0 Å². The van der Waals surface area contributed by atoms with Crippen LogP contribution in [0.15, 0.2) is 48.5 Å². The van der Waals surface area contributed by atoms with E-state index in [-0.39, 0.29) is 12.7 Å². The van der Waals surface area contributed by atoms with E-state index in [1.54, 1.807) is 6.08 Å². The smallest absolute Gasteiger partial charge is 0.248 e. The highest BCUT2D eigenvalue weighted by Gasteiger charge is 2.12. The maximum Gasteiger partial charge on any atom is 0.248 e. The Morgan fingerprint density at radius 2 is 1.95 bits per heavy atom. The van der Waals surface area contributed by atoms with E-state index in [1.807, 2.05) is 49.4 Å². The molecule has 1 aliphatic heterocycles. The average molecular weight is 281 g/mol. The fourth-order valence-electron chi connectivity index (χ4n) is 2.08. The van der Waals surface area contributed by atoms with E-state index >= 15 is 0 Å².